The number of hydrogen-bond acceptors (Lipinski definition) is 13. The quantitative estimate of drug-likeness (QED) is 0.119. The first-order valence-electron chi connectivity index (χ1n) is 16.5. The predicted molar refractivity (Wildman–Crippen MR) is 181 cm³/mol. The molecule has 2 aromatic carbocycles. The third kappa shape index (κ3) is 7.95. The Hall–Kier alpha value is -5.13. The fourth-order valence-corrected chi connectivity index (χ4v) is 7.05. The van der Waals surface area contributed by atoms with Gasteiger partial charge in [-0.25, -0.2) is 24.2 Å². The van der Waals surface area contributed by atoms with Crippen LogP contribution in [-0.4, -0.2) is 69.1 Å². The summed E-state index contributed by atoms with van der Waals surface area (Å²) in [6.45, 7) is 0.774. The maximum atomic E-state index is 13.5. The average molecular weight is 717 g/mol. The first-order chi connectivity index (χ1) is 24.7. The molecule has 2 aromatic heterocycles. The Bertz CT molecular complexity index is 1930. The van der Waals surface area contributed by atoms with E-state index >= 15 is 0 Å². The van der Waals surface area contributed by atoms with Crippen molar-refractivity contribution in [2.75, 3.05) is 12.3 Å². The minimum atomic E-state index is -3.23. The summed E-state index contributed by atoms with van der Waals surface area (Å²) in [6.07, 6.45) is 1.20. The van der Waals surface area contributed by atoms with Gasteiger partial charge < -0.3 is 29.2 Å². The second-order valence-electron chi connectivity index (χ2n) is 12.3. The molecule has 2 aliphatic rings. The Kier molecular flexibility index (Phi) is 11.1. The molecule has 0 spiro atoms. The molecule has 1 saturated carbocycles. The number of nitrogen functional groups attached to an aromatic ring is 1. The number of aromatic nitrogens is 3. The zero-order valence-corrected chi connectivity index (χ0v) is 28.7. The summed E-state index contributed by atoms with van der Waals surface area (Å²) in [7, 11) is -3.23. The number of nitriles is 1. The molecule has 3 N–H and O–H groups in total. The number of carbonyl (C=O) groups is 3. The maximum Gasteiger partial charge on any atom is 0.338 e. The lowest BCUT2D eigenvalue weighted by atomic mass is 9.95. The lowest BCUT2D eigenvalue weighted by molar-refractivity contribution is -0.152. The molecule has 0 radical (unpaired) electrons. The highest BCUT2D eigenvalue weighted by Gasteiger charge is 2.62. The van der Waals surface area contributed by atoms with Crippen LogP contribution in [0.3, 0.4) is 0 Å². The lowest BCUT2D eigenvalue weighted by Gasteiger charge is -2.29. The monoisotopic (exact) mass is 716 g/mol. The zero-order chi connectivity index (χ0) is 36.0. The molecule has 3 heterocycles. The summed E-state index contributed by atoms with van der Waals surface area (Å²) in [5, 5.41) is 17.6. The molecule has 1 aliphatic heterocycles. The first kappa shape index (κ1) is 35.7. The third-order valence-electron chi connectivity index (χ3n) is 8.82. The minimum Gasteiger partial charge on any atom is -0.461 e. The van der Waals surface area contributed by atoms with E-state index in [9.17, 15) is 24.2 Å². The van der Waals surface area contributed by atoms with Gasteiger partial charge in [0.25, 0.3) is 8.18 Å². The number of carbonyl (C=O) groups excluding carboxylic acids is 3. The molecule has 1 unspecified atom stereocenters. The molecule has 1 aliphatic carbocycles. The van der Waals surface area contributed by atoms with Gasteiger partial charge in [-0.2, -0.15) is 10.4 Å². The van der Waals surface area contributed by atoms with E-state index in [1.807, 2.05) is 6.07 Å². The molecule has 0 bridgehead atoms. The van der Waals surface area contributed by atoms with Crippen LogP contribution in [0, 0.1) is 11.3 Å². The van der Waals surface area contributed by atoms with Gasteiger partial charge in [-0.15, -0.1) is 0 Å². The second kappa shape index (κ2) is 15.8. The zero-order valence-electron chi connectivity index (χ0n) is 27.7. The fourth-order valence-electron chi connectivity index (χ4n) is 6.15. The molecule has 4 aromatic rings. The summed E-state index contributed by atoms with van der Waals surface area (Å²) in [5.41, 5.74) is 4.91. The van der Waals surface area contributed by atoms with Crippen molar-refractivity contribution in [1.29, 1.82) is 5.26 Å². The normalized spacial score (nSPS) is 23.2. The molecule has 0 amide bonds. The van der Waals surface area contributed by atoms with E-state index in [2.05, 4.69) is 15.2 Å². The topological polar surface area (TPSA) is 206 Å². The van der Waals surface area contributed by atoms with E-state index in [-0.39, 0.29) is 28.7 Å². The molecule has 51 heavy (non-hydrogen) atoms. The van der Waals surface area contributed by atoms with E-state index < -0.39 is 62.6 Å². The second-order valence-corrected chi connectivity index (χ2v) is 13.5. The highest BCUT2D eigenvalue weighted by atomic mass is 31.1. The highest BCUT2D eigenvalue weighted by Crippen LogP contribution is 2.45. The van der Waals surface area contributed by atoms with Gasteiger partial charge in [0.2, 0.25) is 5.60 Å². The minimum absolute atomic E-state index is 0.148. The number of fused-ring (bicyclic) bond motifs is 1. The smallest absolute Gasteiger partial charge is 0.338 e. The van der Waals surface area contributed by atoms with Crippen molar-refractivity contribution in [1.82, 2.24) is 19.7 Å². The van der Waals surface area contributed by atoms with Crippen LogP contribution in [0.4, 0.5) is 5.82 Å². The van der Waals surface area contributed by atoms with Crippen LogP contribution in [-0.2, 0) is 32.8 Å². The molecular weight excluding hydrogens is 679 g/mol. The van der Waals surface area contributed by atoms with Crippen molar-refractivity contribution in [3.63, 3.8) is 0 Å². The molecule has 6 rings (SSSR count). The van der Waals surface area contributed by atoms with Gasteiger partial charge in [0.15, 0.2) is 18.0 Å². The van der Waals surface area contributed by atoms with Crippen LogP contribution < -0.4 is 10.8 Å². The first-order valence-corrected chi connectivity index (χ1v) is 17.8. The van der Waals surface area contributed by atoms with E-state index in [4.69, 9.17) is 29.2 Å². The Morgan fingerprint density at radius 1 is 1.00 bits per heavy atom. The molecule has 1 saturated heterocycles. The summed E-state index contributed by atoms with van der Waals surface area (Å²) >= 11 is 0. The van der Waals surface area contributed by atoms with Crippen LogP contribution >= 0.6 is 8.18 Å². The maximum absolute atomic E-state index is 13.5. The van der Waals surface area contributed by atoms with Crippen molar-refractivity contribution >= 4 is 37.4 Å². The number of nitrogens with one attached hydrogen (secondary N) is 1. The SMILES string of the molecule is C[C@H](N[PH](=O)OC[C@@]1(C#N)O[C@@H](c2ccc3c(N)ncnn23)[C@H](OC(=O)c2ccccc2)[C@@H]1OC(=O)c1ccccc1)C(=O)OC1CCCCC1. The Balaban J connectivity index is 1.32. The molecule has 6 atom stereocenters. The van der Waals surface area contributed by atoms with Gasteiger partial charge in [0, 0.05) is 0 Å². The number of anilines is 1. The number of esters is 3. The van der Waals surface area contributed by atoms with Gasteiger partial charge in [0.05, 0.1) is 16.8 Å². The van der Waals surface area contributed by atoms with E-state index in [0.29, 0.717) is 5.52 Å². The molecule has 2 fully saturated rings. The van der Waals surface area contributed by atoms with Gasteiger partial charge in [-0.05, 0) is 69.0 Å². The Morgan fingerprint density at radius 2 is 1.65 bits per heavy atom. The predicted octanol–water partition coefficient (Wildman–Crippen LogP) is 4.36. The largest absolute Gasteiger partial charge is 0.461 e. The van der Waals surface area contributed by atoms with Gasteiger partial charge >= 0.3 is 17.9 Å². The van der Waals surface area contributed by atoms with Crippen LogP contribution in [0.5, 0.6) is 0 Å². The molecule has 16 heteroatoms. The number of hydrogen-bond donors (Lipinski definition) is 2. The number of benzene rings is 2. The average Bonchev–Trinajstić information content (AvgIpc) is 3.72. The van der Waals surface area contributed by atoms with Crippen molar-refractivity contribution in [2.45, 2.75) is 75.1 Å². The van der Waals surface area contributed by atoms with Crippen molar-refractivity contribution in [3.8, 4) is 6.07 Å². The summed E-state index contributed by atoms with van der Waals surface area (Å²) in [5.74, 6) is -2.07. The van der Waals surface area contributed by atoms with Gasteiger partial charge in [0.1, 0.15) is 42.8 Å². The van der Waals surface area contributed by atoms with Crippen LogP contribution in [0.25, 0.3) is 5.52 Å². The van der Waals surface area contributed by atoms with E-state index in [1.54, 1.807) is 48.5 Å². The van der Waals surface area contributed by atoms with Crippen molar-refractivity contribution in [3.05, 3.63) is 95.9 Å². The lowest BCUT2D eigenvalue weighted by Crippen LogP contribution is -2.49. The van der Waals surface area contributed by atoms with Crippen LogP contribution in [0.1, 0.15) is 71.5 Å². The highest BCUT2D eigenvalue weighted by molar-refractivity contribution is 7.36. The summed E-state index contributed by atoms with van der Waals surface area (Å²) in [4.78, 5) is 43.8. The van der Waals surface area contributed by atoms with Crippen molar-refractivity contribution < 1.29 is 42.4 Å². The van der Waals surface area contributed by atoms with E-state index in [0.717, 1.165) is 32.1 Å². The van der Waals surface area contributed by atoms with Crippen molar-refractivity contribution in [2.24, 2.45) is 0 Å². The fraction of sp³-hybridized carbons (Fsp3) is 0.371. The molecule has 15 nitrogen and oxygen atoms in total. The van der Waals surface area contributed by atoms with E-state index in [1.165, 1.54) is 42.0 Å². The van der Waals surface area contributed by atoms with Gasteiger partial charge in [-0.1, -0.05) is 42.8 Å². The van der Waals surface area contributed by atoms with Crippen LogP contribution in [0.2, 0.25) is 0 Å². The Labute approximate surface area is 293 Å². The number of rotatable bonds is 12. The number of nitrogens with two attached hydrogens (primary N) is 1. The third-order valence-corrected chi connectivity index (χ3v) is 9.90. The van der Waals surface area contributed by atoms with Crippen LogP contribution in [0.15, 0.2) is 79.1 Å². The van der Waals surface area contributed by atoms with Gasteiger partial charge in [-0.3, -0.25) is 9.36 Å². The standard InChI is InChI=1S/C35H37N6O9P/c1-22(32(42)47-25-15-9-4-10-16-25)40-51(45)46-20-35(19-36)30(49-34(44)24-13-7-3-8-14-24)29(48-33(43)23-11-5-2-6-12-23)28(50-35)26-17-18-27-31(37)38-21-39-41(26)27/h2-3,5-8,11-14,17-18,21-22,25,28-30,51H,4,9-10,15-16,20H2,1H3,(H,40,45)(H2,37,38,39)/t22-,28-,29-,30-,35+/m0/s1. The Morgan fingerprint density at radius 3 is 2.29 bits per heavy atom. The number of ether oxygens (including phenoxy) is 4. The number of nitrogens with zero attached hydrogens (tertiary/aromatic N) is 4. The summed E-state index contributed by atoms with van der Waals surface area (Å²) < 4.78 is 44.2. The molecular formula is C35H37N6O9P. The summed E-state index contributed by atoms with van der Waals surface area (Å²) in [6, 6.07) is 20.4. The molecule has 266 valence electrons.